The number of hydrogen-bond donors (Lipinski definition) is 6. The molecule has 0 rings (SSSR count). The van der Waals surface area contributed by atoms with Crippen LogP contribution in [-0.2, 0) is 24.0 Å². The molecule has 0 bridgehead atoms. The van der Waals surface area contributed by atoms with Crippen molar-refractivity contribution in [2.24, 2.45) is 11.5 Å². The Morgan fingerprint density at radius 2 is 1.52 bits per heavy atom. The second-order valence-electron chi connectivity index (χ2n) is 4.20. The van der Waals surface area contributed by atoms with Crippen LogP contribution >= 0.6 is 0 Å². The maximum atomic E-state index is 11.6. The summed E-state index contributed by atoms with van der Waals surface area (Å²) in [6.07, 6.45) is 0. The van der Waals surface area contributed by atoms with Gasteiger partial charge in [-0.2, -0.15) is 0 Å². The van der Waals surface area contributed by atoms with E-state index in [1.54, 1.807) is 0 Å². The number of amides is 4. The van der Waals surface area contributed by atoms with E-state index in [2.05, 4.69) is 5.32 Å². The van der Waals surface area contributed by atoms with Gasteiger partial charge in [-0.05, 0) is 0 Å². The molecule has 0 fully saturated rings. The first-order valence-corrected chi connectivity index (χ1v) is 6.39. The predicted molar refractivity (Wildman–Crippen MR) is 74.5 cm³/mol. The normalized spacial score (nSPS) is 11.3. The number of nitrogens with one attached hydrogen (secondary N) is 2. The van der Waals surface area contributed by atoms with E-state index in [1.807, 2.05) is 5.32 Å². The van der Waals surface area contributed by atoms with Crippen molar-refractivity contribution in [2.45, 2.75) is 6.04 Å². The highest BCUT2D eigenvalue weighted by molar-refractivity contribution is 6.00. The van der Waals surface area contributed by atoms with Crippen molar-refractivity contribution >= 4 is 29.6 Å². The van der Waals surface area contributed by atoms with E-state index in [0.29, 0.717) is 4.90 Å². The minimum absolute atomic E-state index is 0.504. The van der Waals surface area contributed by atoms with E-state index in [-0.39, 0.29) is 0 Å². The first kappa shape index (κ1) is 20.4. The number of hydrogen-bond acceptors (Lipinski definition) is 8. The molecule has 12 nitrogen and oxygen atoms in total. The molecule has 23 heavy (non-hydrogen) atoms. The predicted octanol–water partition coefficient (Wildman–Crippen LogP) is -5.06. The Balaban J connectivity index is 4.47. The summed E-state index contributed by atoms with van der Waals surface area (Å²) in [5.41, 5.74) is 10.2. The number of aliphatic carboxylic acids is 1. The van der Waals surface area contributed by atoms with Gasteiger partial charge in [-0.25, -0.2) is 4.79 Å². The van der Waals surface area contributed by atoms with Crippen LogP contribution in [0.4, 0.5) is 0 Å². The smallest absolute Gasteiger partial charge is 0.328 e. The van der Waals surface area contributed by atoms with Gasteiger partial charge in [0.1, 0.15) is 12.6 Å². The lowest BCUT2D eigenvalue weighted by atomic mass is 10.3. The maximum absolute atomic E-state index is 11.6. The number of carboxylic acid groups (broad SMARTS) is 1. The topological polar surface area (TPSA) is 205 Å². The molecule has 0 aromatic heterocycles. The van der Waals surface area contributed by atoms with Gasteiger partial charge in [0.25, 0.3) is 0 Å². The largest absolute Gasteiger partial charge is 0.480 e. The quantitative estimate of drug-likeness (QED) is 0.238. The molecular formula is C11H19N5O7. The number of imide groups is 1. The first-order chi connectivity index (χ1) is 10.8. The molecule has 0 spiro atoms. The molecule has 0 aliphatic rings. The molecule has 0 radical (unpaired) electrons. The van der Waals surface area contributed by atoms with Crippen molar-refractivity contribution < 1.29 is 34.2 Å². The van der Waals surface area contributed by atoms with Gasteiger partial charge in [0.2, 0.25) is 23.6 Å². The Morgan fingerprint density at radius 3 is 1.91 bits per heavy atom. The summed E-state index contributed by atoms with van der Waals surface area (Å²) >= 11 is 0. The summed E-state index contributed by atoms with van der Waals surface area (Å²) in [6, 6.07) is -1.51. The van der Waals surface area contributed by atoms with E-state index in [1.165, 1.54) is 0 Å². The van der Waals surface area contributed by atoms with Gasteiger partial charge in [0.05, 0.1) is 26.2 Å². The van der Waals surface area contributed by atoms with E-state index in [9.17, 15) is 24.0 Å². The van der Waals surface area contributed by atoms with E-state index >= 15 is 0 Å². The number of aliphatic hydroxyl groups excluding tert-OH is 1. The van der Waals surface area contributed by atoms with E-state index in [4.69, 9.17) is 21.7 Å². The fourth-order valence-corrected chi connectivity index (χ4v) is 1.35. The van der Waals surface area contributed by atoms with Crippen molar-refractivity contribution in [1.82, 2.24) is 15.5 Å². The second kappa shape index (κ2) is 10.2. The van der Waals surface area contributed by atoms with Gasteiger partial charge >= 0.3 is 5.97 Å². The van der Waals surface area contributed by atoms with Crippen LogP contribution in [0, 0.1) is 0 Å². The number of carbonyl (C=O) groups is 5. The Labute approximate surface area is 130 Å². The van der Waals surface area contributed by atoms with Crippen LogP contribution in [0.3, 0.4) is 0 Å². The third-order valence-corrected chi connectivity index (χ3v) is 2.52. The molecule has 1 atom stereocenters. The molecule has 12 heteroatoms. The summed E-state index contributed by atoms with van der Waals surface area (Å²) in [5, 5.41) is 21.4. The lowest BCUT2D eigenvalue weighted by Gasteiger charge is -2.19. The molecule has 130 valence electrons. The number of carboxylic acids is 1. The summed E-state index contributed by atoms with van der Waals surface area (Å²) in [7, 11) is 0. The highest BCUT2D eigenvalue weighted by Crippen LogP contribution is 1.90. The van der Waals surface area contributed by atoms with Crippen LogP contribution in [0.1, 0.15) is 0 Å². The zero-order chi connectivity index (χ0) is 18.0. The van der Waals surface area contributed by atoms with Crippen molar-refractivity contribution in [3.8, 4) is 0 Å². The monoisotopic (exact) mass is 333 g/mol. The number of nitrogens with two attached hydrogens (primary N) is 2. The van der Waals surface area contributed by atoms with E-state index < -0.39 is 68.4 Å². The molecule has 0 aliphatic carbocycles. The minimum atomic E-state index is -1.51. The second-order valence-corrected chi connectivity index (χ2v) is 4.20. The average molecular weight is 333 g/mol. The number of aliphatic hydroxyl groups is 1. The lowest BCUT2D eigenvalue weighted by molar-refractivity contribution is -0.146. The molecule has 0 heterocycles. The number of carbonyl (C=O) groups excluding carboxylic acids is 4. The first-order valence-electron chi connectivity index (χ1n) is 6.39. The van der Waals surface area contributed by atoms with Gasteiger partial charge in [-0.3, -0.25) is 24.1 Å². The zero-order valence-electron chi connectivity index (χ0n) is 12.2. The highest BCUT2D eigenvalue weighted by atomic mass is 16.4. The lowest BCUT2D eigenvalue weighted by Crippen LogP contribution is -2.51. The summed E-state index contributed by atoms with van der Waals surface area (Å²) in [6.45, 7) is -3.11. The van der Waals surface area contributed by atoms with Crippen LogP contribution in [0.25, 0.3) is 0 Å². The van der Waals surface area contributed by atoms with Crippen molar-refractivity contribution in [3.63, 3.8) is 0 Å². The van der Waals surface area contributed by atoms with Gasteiger partial charge < -0.3 is 32.3 Å². The van der Waals surface area contributed by atoms with Gasteiger partial charge in [0, 0.05) is 0 Å². The van der Waals surface area contributed by atoms with Crippen LogP contribution in [0.15, 0.2) is 0 Å². The van der Waals surface area contributed by atoms with Gasteiger partial charge in [-0.15, -0.1) is 0 Å². The number of nitrogens with zero attached hydrogens (tertiary/aromatic N) is 1. The maximum Gasteiger partial charge on any atom is 0.328 e. The molecule has 4 amide bonds. The zero-order valence-corrected chi connectivity index (χ0v) is 12.2. The summed E-state index contributed by atoms with van der Waals surface area (Å²) in [4.78, 5) is 57.0. The Bertz CT molecular complexity index is 465. The van der Waals surface area contributed by atoms with Gasteiger partial charge in [0.15, 0.2) is 0 Å². The molecular weight excluding hydrogens is 314 g/mol. The number of rotatable bonds is 9. The van der Waals surface area contributed by atoms with E-state index in [0.717, 1.165) is 0 Å². The summed E-state index contributed by atoms with van der Waals surface area (Å²) < 4.78 is 0. The summed E-state index contributed by atoms with van der Waals surface area (Å²) in [5.74, 6) is -4.79. The molecule has 0 saturated carbocycles. The van der Waals surface area contributed by atoms with Crippen molar-refractivity contribution in [1.29, 1.82) is 0 Å². The van der Waals surface area contributed by atoms with Crippen LogP contribution in [-0.4, -0.2) is 83.5 Å². The fourth-order valence-electron chi connectivity index (χ4n) is 1.35. The van der Waals surface area contributed by atoms with Crippen LogP contribution in [0.2, 0.25) is 0 Å². The van der Waals surface area contributed by atoms with Crippen molar-refractivity contribution in [2.75, 3.05) is 32.8 Å². The van der Waals surface area contributed by atoms with Crippen LogP contribution in [0.5, 0.6) is 0 Å². The van der Waals surface area contributed by atoms with Crippen molar-refractivity contribution in [3.05, 3.63) is 0 Å². The fraction of sp³-hybridized carbons (Fsp3) is 0.545. The molecule has 0 aliphatic heterocycles. The van der Waals surface area contributed by atoms with Gasteiger partial charge in [-0.1, -0.05) is 0 Å². The third kappa shape index (κ3) is 7.30. The molecule has 0 aromatic rings. The molecule has 0 unspecified atom stereocenters. The Kier molecular flexibility index (Phi) is 9.07. The standard InChI is InChI=1S/C11H19N5O7/c12-1-9(20)16(10(21)2-13)4-8(19)14-3-7(18)15-6(5-17)11(22)23/h6,17H,1-5,12-13H2,(H,14,19)(H,15,18)(H,22,23)/t6-/m0/s1. The molecule has 0 aromatic carbocycles. The Hall–Kier alpha value is -2.57. The molecule has 0 saturated heterocycles. The Morgan fingerprint density at radius 1 is 1.00 bits per heavy atom. The van der Waals surface area contributed by atoms with Crippen LogP contribution < -0.4 is 22.1 Å². The third-order valence-electron chi connectivity index (χ3n) is 2.52. The highest BCUT2D eigenvalue weighted by Gasteiger charge is 2.23. The SMILES string of the molecule is NCC(=O)N(CC(=O)NCC(=O)N[C@@H](CO)C(=O)O)C(=O)CN. The average Bonchev–Trinajstić information content (AvgIpc) is 2.53. The minimum Gasteiger partial charge on any atom is -0.480 e. The molecule has 8 N–H and O–H groups in total.